The van der Waals surface area contributed by atoms with E-state index in [1.165, 1.54) is 22.8 Å². The summed E-state index contributed by atoms with van der Waals surface area (Å²) in [6, 6.07) is 16.3. The fourth-order valence-electron chi connectivity index (χ4n) is 4.24. The molecule has 0 saturated carbocycles. The van der Waals surface area contributed by atoms with Gasteiger partial charge in [-0.1, -0.05) is 30.3 Å². The van der Waals surface area contributed by atoms with Crippen LogP contribution in [0.1, 0.15) is 21.5 Å². The van der Waals surface area contributed by atoms with Crippen LogP contribution in [-0.4, -0.2) is 23.3 Å². The van der Waals surface area contributed by atoms with E-state index in [9.17, 15) is 22.6 Å². The number of pyridine rings is 1. The summed E-state index contributed by atoms with van der Waals surface area (Å²) in [7, 11) is -3.12. The third kappa shape index (κ3) is 2.96. The number of nitrogens with zero attached hydrogens (tertiary/aromatic N) is 1. The average Bonchev–Trinajstić information content (AvgIpc) is 2.75. The first-order valence-corrected chi connectivity index (χ1v) is 11.2. The van der Waals surface area contributed by atoms with Gasteiger partial charge in [-0.05, 0) is 47.9 Å². The molecule has 7 nitrogen and oxygen atoms in total. The van der Waals surface area contributed by atoms with E-state index >= 15 is 0 Å². The van der Waals surface area contributed by atoms with E-state index in [1.807, 2.05) is 0 Å². The van der Waals surface area contributed by atoms with Crippen molar-refractivity contribution in [3.63, 3.8) is 0 Å². The molecule has 0 fully saturated rings. The summed E-state index contributed by atoms with van der Waals surface area (Å²) in [6.45, 7) is 1.69. The van der Waals surface area contributed by atoms with E-state index in [4.69, 9.17) is 0 Å². The lowest BCUT2D eigenvalue weighted by Crippen LogP contribution is -2.21. The number of aryl methyl sites for hydroxylation is 2. The number of hydrogen-bond donors (Lipinski definition) is 1. The van der Waals surface area contributed by atoms with Gasteiger partial charge in [0.05, 0.1) is 27.4 Å². The molecule has 0 atom stereocenters. The van der Waals surface area contributed by atoms with Gasteiger partial charge in [-0.25, -0.2) is 8.42 Å². The fraction of sp³-hybridized carbons (Fsp3) is 0.0833. The number of fused-ring (bicyclic) bond motifs is 2. The zero-order chi connectivity index (χ0) is 22.8. The highest BCUT2D eigenvalue weighted by atomic mass is 32.2. The van der Waals surface area contributed by atoms with Crippen LogP contribution in [0.25, 0.3) is 22.0 Å². The van der Waals surface area contributed by atoms with E-state index in [0.717, 1.165) is 0 Å². The van der Waals surface area contributed by atoms with E-state index in [-0.39, 0.29) is 17.0 Å². The molecule has 0 amide bonds. The summed E-state index contributed by atoms with van der Waals surface area (Å²) in [5.41, 5.74) is 3.50. The topological polar surface area (TPSA) is 108 Å². The third-order valence-corrected chi connectivity index (χ3v) is 6.65. The van der Waals surface area contributed by atoms with Gasteiger partial charge in [-0.15, -0.1) is 0 Å². The summed E-state index contributed by atoms with van der Waals surface area (Å²) < 4.78 is 37.0. The van der Waals surface area contributed by atoms with Crippen molar-refractivity contribution >= 4 is 38.2 Å². The number of benzene rings is 3. The molecule has 0 spiro atoms. The van der Waals surface area contributed by atoms with Gasteiger partial charge in [0, 0.05) is 24.1 Å². The minimum atomic E-state index is -4.75. The second-order valence-corrected chi connectivity index (χ2v) is 9.14. The molecule has 0 radical (unpaired) electrons. The van der Waals surface area contributed by atoms with Gasteiger partial charge < -0.3 is 14.4 Å². The molecule has 5 rings (SSSR count). The molecule has 3 aromatic carbocycles. The van der Waals surface area contributed by atoms with Crippen molar-refractivity contribution in [1.29, 1.82) is 0 Å². The van der Waals surface area contributed by atoms with Crippen LogP contribution >= 0.6 is 0 Å². The van der Waals surface area contributed by atoms with Crippen LogP contribution < -0.4 is 10.9 Å². The van der Waals surface area contributed by atoms with Crippen molar-refractivity contribution in [3.05, 3.63) is 87.7 Å². The molecule has 0 bridgehead atoms. The zero-order valence-electron chi connectivity index (χ0n) is 17.2. The highest BCUT2D eigenvalue weighted by molar-refractivity contribution is 7.86. The Morgan fingerprint density at radius 2 is 1.56 bits per heavy atom. The van der Waals surface area contributed by atoms with Crippen LogP contribution in [0.15, 0.2) is 70.4 Å². The maximum Gasteiger partial charge on any atom is 0.251 e. The van der Waals surface area contributed by atoms with Crippen LogP contribution in [0.2, 0.25) is 0 Å². The van der Waals surface area contributed by atoms with Gasteiger partial charge >= 0.3 is 0 Å². The lowest BCUT2D eigenvalue weighted by atomic mass is 9.83. The maximum absolute atomic E-state index is 13.5. The lowest BCUT2D eigenvalue weighted by molar-refractivity contribution is 0.104. The lowest BCUT2D eigenvalue weighted by Gasteiger charge is -2.24. The summed E-state index contributed by atoms with van der Waals surface area (Å²) in [6.07, 6.45) is 0. The Kier molecular flexibility index (Phi) is 4.34. The molecule has 0 unspecified atom stereocenters. The van der Waals surface area contributed by atoms with Crippen LogP contribution in [0.3, 0.4) is 0 Å². The Bertz CT molecular complexity index is 1630. The number of anilines is 2. The van der Waals surface area contributed by atoms with Crippen molar-refractivity contribution in [3.8, 4) is 11.1 Å². The molecule has 1 aliphatic carbocycles. The largest absolute Gasteiger partial charge is 0.744 e. The number of carbonyl (C=O) groups is 1. The van der Waals surface area contributed by atoms with Crippen LogP contribution in [0, 0.1) is 6.92 Å². The standard InChI is InChI=1S/C24H18N2O5S/c1-13-7-8-17(20(11-13)32(29,30)31)25-18-9-10-19-22-16(12-21(27)26(19)2)14-5-3-4-6-15(14)24(28)23(18)22/h3-12,25H,1-2H3,(H,29,30,31)/p-1. The molecule has 4 aromatic rings. The predicted molar refractivity (Wildman–Crippen MR) is 120 cm³/mol. The number of ketones is 1. The predicted octanol–water partition coefficient (Wildman–Crippen LogP) is 3.71. The van der Waals surface area contributed by atoms with Gasteiger partial charge in [0.2, 0.25) is 0 Å². The first-order chi connectivity index (χ1) is 15.2. The molecule has 0 saturated heterocycles. The Hall–Kier alpha value is -3.75. The smallest absolute Gasteiger partial charge is 0.251 e. The molecule has 1 heterocycles. The molecule has 1 aromatic heterocycles. The number of carbonyl (C=O) groups excluding carboxylic acids is 1. The monoisotopic (exact) mass is 445 g/mol. The van der Waals surface area contributed by atoms with E-state index in [2.05, 4.69) is 5.32 Å². The highest BCUT2D eigenvalue weighted by Crippen LogP contribution is 2.42. The van der Waals surface area contributed by atoms with Crippen molar-refractivity contribution in [2.24, 2.45) is 7.05 Å². The fourth-order valence-corrected chi connectivity index (χ4v) is 4.96. The van der Waals surface area contributed by atoms with Crippen molar-refractivity contribution in [1.82, 2.24) is 4.57 Å². The molecular weight excluding hydrogens is 428 g/mol. The Morgan fingerprint density at radius 1 is 0.875 bits per heavy atom. The molecule has 160 valence electrons. The molecule has 32 heavy (non-hydrogen) atoms. The molecular formula is C24H17N2O5S-. The van der Waals surface area contributed by atoms with E-state index < -0.39 is 15.0 Å². The minimum absolute atomic E-state index is 0.0826. The van der Waals surface area contributed by atoms with Gasteiger partial charge in [0.25, 0.3) is 5.56 Å². The maximum atomic E-state index is 13.5. The number of nitrogens with one attached hydrogen (secondary N) is 1. The van der Waals surface area contributed by atoms with Crippen molar-refractivity contribution in [2.75, 3.05) is 5.32 Å². The van der Waals surface area contributed by atoms with E-state index in [0.29, 0.717) is 44.4 Å². The number of rotatable bonds is 3. The number of aromatic nitrogens is 1. The quantitative estimate of drug-likeness (QED) is 0.424. The normalized spacial score (nSPS) is 12.7. The minimum Gasteiger partial charge on any atom is -0.744 e. The Morgan fingerprint density at radius 3 is 2.28 bits per heavy atom. The first kappa shape index (κ1) is 20.2. The van der Waals surface area contributed by atoms with E-state index in [1.54, 1.807) is 56.4 Å². The van der Waals surface area contributed by atoms with Crippen LogP contribution in [-0.2, 0) is 17.2 Å². The summed E-state index contributed by atoms with van der Waals surface area (Å²) in [5.74, 6) is -0.251. The summed E-state index contributed by atoms with van der Waals surface area (Å²) in [5, 5.41) is 3.58. The SMILES string of the molecule is Cc1ccc(Nc2ccc3c4c(cc(=O)n3C)-c3ccccc3C(=O)c24)c(S(=O)(=O)[O-])c1. The number of hydrogen-bond acceptors (Lipinski definition) is 6. The molecule has 0 aliphatic heterocycles. The van der Waals surface area contributed by atoms with Gasteiger partial charge in [-0.2, -0.15) is 0 Å². The second-order valence-electron chi connectivity index (χ2n) is 7.79. The second kappa shape index (κ2) is 6.88. The zero-order valence-corrected chi connectivity index (χ0v) is 18.0. The Balaban J connectivity index is 1.83. The first-order valence-electron chi connectivity index (χ1n) is 9.81. The van der Waals surface area contributed by atoms with Crippen LogP contribution in [0.4, 0.5) is 11.4 Å². The van der Waals surface area contributed by atoms with Crippen molar-refractivity contribution < 1.29 is 17.8 Å². The summed E-state index contributed by atoms with van der Waals surface area (Å²) >= 11 is 0. The summed E-state index contributed by atoms with van der Waals surface area (Å²) in [4.78, 5) is 25.7. The van der Waals surface area contributed by atoms with Gasteiger partial charge in [-0.3, -0.25) is 9.59 Å². The van der Waals surface area contributed by atoms with Crippen LogP contribution in [0.5, 0.6) is 0 Å². The Labute approximate surface area is 183 Å². The average molecular weight is 445 g/mol. The third-order valence-electron chi connectivity index (χ3n) is 5.78. The molecule has 1 aliphatic rings. The highest BCUT2D eigenvalue weighted by Gasteiger charge is 2.29. The van der Waals surface area contributed by atoms with Crippen molar-refractivity contribution in [2.45, 2.75) is 11.8 Å². The van der Waals surface area contributed by atoms with Gasteiger partial charge in [0.1, 0.15) is 10.1 Å². The molecule has 8 heteroatoms. The molecule has 1 N–H and O–H groups in total. The van der Waals surface area contributed by atoms with Gasteiger partial charge in [0.15, 0.2) is 5.78 Å².